The predicted molar refractivity (Wildman–Crippen MR) is 84.9 cm³/mol. The third-order valence-electron chi connectivity index (χ3n) is 3.16. The van der Waals surface area contributed by atoms with Crippen molar-refractivity contribution in [3.63, 3.8) is 0 Å². The first-order valence-corrected chi connectivity index (χ1v) is 7.21. The van der Waals surface area contributed by atoms with E-state index in [0.29, 0.717) is 19.0 Å². The lowest BCUT2D eigenvalue weighted by molar-refractivity contribution is 0.254. The second-order valence-electron chi connectivity index (χ2n) is 6.37. The predicted octanol–water partition coefficient (Wildman–Crippen LogP) is 3.64. The first kappa shape index (κ1) is 12.5. The van der Waals surface area contributed by atoms with Crippen molar-refractivity contribution in [1.82, 2.24) is 9.78 Å². The van der Waals surface area contributed by atoms with E-state index >= 15 is 0 Å². The van der Waals surface area contributed by atoms with Crippen LogP contribution in [0.2, 0.25) is 0 Å². The number of halogens is 2. The van der Waals surface area contributed by atoms with Crippen molar-refractivity contribution in [1.29, 1.82) is 0 Å². The Bertz CT molecular complexity index is 813. The van der Waals surface area contributed by atoms with Gasteiger partial charge in [-0.15, -0.1) is 0 Å². The smallest absolute Gasteiger partial charge is 0.212 e. The van der Waals surface area contributed by atoms with Crippen LogP contribution in [0.1, 0.15) is 43.9 Å². The van der Waals surface area contributed by atoms with Gasteiger partial charge in [-0.25, -0.2) is 13.5 Å². The summed E-state index contributed by atoms with van der Waals surface area (Å²) in [6.07, 6.45) is 0.634. The van der Waals surface area contributed by atoms with Crippen molar-refractivity contribution in [2.75, 3.05) is 0 Å². The molecule has 0 radical (unpaired) electrons. The Morgan fingerprint density at radius 1 is 1.30 bits per heavy atom. The van der Waals surface area contributed by atoms with Gasteiger partial charge in [0.15, 0.2) is 0 Å². The topological polar surface area (TPSA) is 53.1 Å². The van der Waals surface area contributed by atoms with Crippen molar-refractivity contribution < 1.29 is 19.0 Å². The highest BCUT2D eigenvalue weighted by molar-refractivity contribution is 5.20. The van der Waals surface area contributed by atoms with Crippen LogP contribution in [0.4, 0.5) is 8.78 Å². The van der Waals surface area contributed by atoms with Crippen LogP contribution in [-0.2, 0) is 19.6 Å². The van der Waals surface area contributed by atoms with E-state index < -0.39 is 30.3 Å². The maximum atomic E-state index is 14.0. The summed E-state index contributed by atoms with van der Waals surface area (Å²) in [6, 6.07) is 3.57. The highest BCUT2D eigenvalue weighted by Crippen LogP contribution is 2.23. The van der Waals surface area contributed by atoms with Gasteiger partial charge in [-0.1, -0.05) is 20.8 Å². The fourth-order valence-electron chi connectivity index (χ4n) is 1.84. The monoisotopic (exact) mass is 327 g/mol. The summed E-state index contributed by atoms with van der Waals surface area (Å²) in [6.45, 7) is 1.34. The van der Waals surface area contributed by atoms with Crippen LogP contribution in [0.3, 0.4) is 0 Å². The Balaban J connectivity index is 2.40. The second-order valence-corrected chi connectivity index (χ2v) is 6.37. The molecule has 0 saturated heterocycles. The molecule has 126 valence electrons. The van der Waals surface area contributed by atoms with E-state index in [9.17, 15) is 8.78 Å². The molecule has 1 aromatic heterocycles. The van der Waals surface area contributed by atoms with Crippen molar-refractivity contribution in [3.8, 4) is 5.88 Å². The molecule has 2 aromatic rings. The molecule has 4 nitrogen and oxygen atoms in total. The van der Waals surface area contributed by atoms with Crippen molar-refractivity contribution in [3.05, 3.63) is 47.2 Å². The summed E-state index contributed by atoms with van der Waals surface area (Å²) in [7, 11) is 0. The van der Waals surface area contributed by atoms with Gasteiger partial charge in [0.25, 0.3) is 0 Å². The number of hydrogen-bond acceptors (Lipinski definition) is 3. The van der Waals surface area contributed by atoms with Gasteiger partial charge in [-0.3, -0.25) is 0 Å². The fraction of sp³-hybridized carbons (Fsp3) is 0.471. The molecule has 2 rings (SSSR count). The standard InChI is InChI=1S/C17H23F2N3O/c1-17(2,3)6-7-22-16(9-14(10-20)21-22)23-11-12-8-13(18)4-5-15(12)19/h4-5,8-9H,6-7,10-11,20H2,1-3H3/i10D2,11D2. The van der Waals surface area contributed by atoms with Gasteiger partial charge >= 0.3 is 0 Å². The second kappa shape index (κ2) is 7.08. The zero-order valence-corrected chi connectivity index (χ0v) is 13.4. The largest absolute Gasteiger partial charge is 0.473 e. The van der Waals surface area contributed by atoms with Crippen LogP contribution in [0, 0.1) is 17.0 Å². The van der Waals surface area contributed by atoms with Crippen LogP contribution in [-0.4, -0.2) is 9.78 Å². The molecule has 0 atom stereocenters. The molecule has 0 spiro atoms. The Kier molecular flexibility index (Phi) is 3.84. The SMILES string of the molecule is [2H]C([2H])(N)c1cc(OC([2H])([2H])c2cc(F)ccc2F)n(CCC(C)(C)C)n1. The quantitative estimate of drug-likeness (QED) is 0.881. The summed E-state index contributed by atoms with van der Waals surface area (Å²) < 4.78 is 65.3. The number of hydrogen-bond donors (Lipinski definition) is 1. The van der Waals surface area contributed by atoms with Gasteiger partial charge < -0.3 is 10.5 Å². The molecule has 1 aromatic carbocycles. The summed E-state index contributed by atoms with van der Waals surface area (Å²) in [4.78, 5) is 0. The molecule has 0 aliphatic rings. The van der Waals surface area contributed by atoms with Crippen LogP contribution in [0.25, 0.3) is 0 Å². The van der Waals surface area contributed by atoms with E-state index in [0.717, 1.165) is 18.2 Å². The van der Waals surface area contributed by atoms with Crippen LogP contribution < -0.4 is 10.5 Å². The van der Waals surface area contributed by atoms with E-state index in [-0.39, 0.29) is 17.0 Å². The van der Waals surface area contributed by atoms with Gasteiger partial charge in [0.2, 0.25) is 5.88 Å². The molecule has 2 N–H and O–H groups in total. The van der Waals surface area contributed by atoms with Gasteiger partial charge in [0, 0.05) is 27.4 Å². The lowest BCUT2D eigenvalue weighted by Gasteiger charge is -2.18. The Morgan fingerprint density at radius 3 is 2.70 bits per heavy atom. The van der Waals surface area contributed by atoms with Crippen LogP contribution in [0.5, 0.6) is 5.88 Å². The maximum absolute atomic E-state index is 14.0. The van der Waals surface area contributed by atoms with Gasteiger partial charge in [-0.05, 0) is 30.0 Å². The van der Waals surface area contributed by atoms with Crippen LogP contribution >= 0.6 is 0 Å². The van der Waals surface area contributed by atoms with Crippen molar-refractivity contribution >= 4 is 0 Å². The molecular formula is C17H23F2N3O. The molecule has 0 saturated carbocycles. The number of aromatic nitrogens is 2. The fourth-order valence-corrected chi connectivity index (χ4v) is 1.84. The molecule has 0 fully saturated rings. The molecule has 1 heterocycles. The third-order valence-corrected chi connectivity index (χ3v) is 3.16. The van der Waals surface area contributed by atoms with Gasteiger partial charge in [-0.2, -0.15) is 5.10 Å². The number of nitrogens with two attached hydrogens (primary N) is 1. The minimum atomic E-state index is -2.70. The maximum Gasteiger partial charge on any atom is 0.212 e. The lowest BCUT2D eigenvalue weighted by atomic mass is 9.92. The first-order valence-electron chi connectivity index (χ1n) is 9.21. The molecular weight excluding hydrogens is 300 g/mol. The molecule has 0 aliphatic carbocycles. The molecule has 0 unspecified atom stereocenters. The van der Waals surface area contributed by atoms with E-state index in [1.165, 1.54) is 4.68 Å². The Hall–Kier alpha value is -1.95. The summed E-state index contributed by atoms with van der Waals surface area (Å²) in [5, 5.41) is 4.06. The van der Waals surface area contributed by atoms with E-state index in [1.54, 1.807) is 0 Å². The average Bonchev–Trinajstić information content (AvgIpc) is 2.89. The number of benzene rings is 1. The average molecular weight is 327 g/mol. The van der Waals surface area contributed by atoms with Crippen LogP contribution in [0.15, 0.2) is 24.3 Å². The Morgan fingerprint density at radius 2 is 2.04 bits per heavy atom. The molecule has 0 aliphatic heterocycles. The normalized spacial score (nSPS) is 15.6. The molecule has 23 heavy (non-hydrogen) atoms. The lowest BCUT2D eigenvalue weighted by Crippen LogP contribution is -2.13. The molecule has 0 amide bonds. The number of rotatable bonds is 6. The number of ether oxygens (including phenoxy) is 1. The zero-order valence-electron chi connectivity index (χ0n) is 17.4. The number of nitrogens with zero attached hydrogens (tertiary/aromatic N) is 2. The first-order chi connectivity index (χ1) is 12.2. The highest BCUT2D eigenvalue weighted by atomic mass is 19.1. The van der Waals surface area contributed by atoms with E-state index in [1.807, 2.05) is 20.8 Å². The molecule has 6 heteroatoms. The van der Waals surface area contributed by atoms with E-state index in [2.05, 4.69) is 5.10 Å². The van der Waals surface area contributed by atoms with Crippen molar-refractivity contribution in [2.45, 2.75) is 46.8 Å². The summed E-state index contributed by atoms with van der Waals surface area (Å²) >= 11 is 0. The minimum absolute atomic E-state index is 0.0706. The van der Waals surface area contributed by atoms with Gasteiger partial charge in [0.1, 0.15) is 18.2 Å². The Labute approximate surface area is 140 Å². The molecule has 0 bridgehead atoms. The van der Waals surface area contributed by atoms with Gasteiger partial charge in [0.05, 0.1) is 8.44 Å². The number of aryl methyl sites for hydroxylation is 1. The highest BCUT2D eigenvalue weighted by Gasteiger charge is 2.15. The third kappa shape index (κ3) is 5.03. The summed E-state index contributed by atoms with van der Waals surface area (Å²) in [5.74, 6) is -1.90. The van der Waals surface area contributed by atoms with E-state index in [4.69, 9.17) is 16.0 Å². The summed E-state index contributed by atoms with van der Waals surface area (Å²) in [5.41, 5.74) is 4.61. The zero-order chi connectivity index (χ0) is 20.6. The minimum Gasteiger partial charge on any atom is -0.473 e. The van der Waals surface area contributed by atoms with Crippen molar-refractivity contribution in [2.24, 2.45) is 11.1 Å².